The number of hydrogen-bond donors (Lipinski definition) is 2. The Kier molecular flexibility index (Phi) is 27.2. The molecule has 0 aromatic carbocycles. The van der Waals surface area contributed by atoms with E-state index in [9.17, 15) is 9.59 Å². The van der Waals surface area contributed by atoms with Crippen LogP contribution in [0.3, 0.4) is 0 Å². The fraction of sp³-hybridized carbons (Fsp3) is 0. The van der Waals surface area contributed by atoms with E-state index in [4.69, 9.17) is 10.2 Å². The van der Waals surface area contributed by atoms with E-state index in [1.807, 2.05) is 0 Å². The van der Waals surface area contributed by atoms with Crippen molar-refractivity contribution in [1.82, 2.24) is 0 Å². The summed E-state index contributed by atoms with van der Waals surface area (Å²) >= 11 is 0. The van der Waals surface area contributed by atoms with Crippen LogP contribution < -0.4 is 0 Å². The zero-order valence-electron chi connectivity index (χ0n) is 6.37. The van der Waals surface area contributed by atoms with Gasteiger partial charge < -0.3 is 15.7 Å². The van der Waals surface area contributed by atoms with E-state index in [0.717, 1.165) is 0 Å². The third-order valence-corrected chi connectivity index (χ3v) is 0.368. The molecule has 0 heterocycles. The van der Waals surface area contributed by atoms with Crippen LogP contribution >= 0.6 is 0 Å². The van der Waals surface area contributed by atoms with Gasteiger partial charge in [0.05, 0.1) is 0 Å². The van der Waals surface area contributed by atoms with Crippen LogP contribution in [0.4, 0.5) is 0 Å². The van der Waals surface area contributed by atoms with E-state index in [-0.39, 0.29) is 64.6 Å². The largest absolute Gasteiger partial charge is 0.478 e. The van der Waals surface area contributed by atoms with Crippen molar-refractivity contribution in [3.8, 4) is 0 Å². The molecule has 4 N–H and O–H groups in total. The van der Waals surface area contributed by atoms with Crippen LogP contribution in [0.2, 0.25) is 0 Å². The zero-order valence-corrected chi connectivity index (χ0v) is 10.4. The molecule has 54 valence electrons. The summed E-state index contributed by atoms with van der Waals surface area (Å²) in [7, 11) is 0. The summed E-state index contributed by atoms with van der Waals surface area (Å²) < 4.78 is 0. The van der Waals surface area contributed by atoms with Crippen molar-refractivity contribution in [3.05, 3.63) is 12.2 Å². The molecule has 0 spiro atoms. The summed E-state index contributed by atoms with van der Waals surface area (Å²) in [5.41, 5.74) is 0. The van der Waals surface area contributed by atoms with Gasteiger partial charge in [-0.3, -0.25) is 0 Å². The van der Waals surface area contributed by atoms with E-state index in [0.29, 0.717) is 12.2 Å². The second-order valence-electron chi connectivity index (χ2n) is 1.01. The number of carboxylic acids is 2. The minimum atomic E-state index is -1.26. The van der Waals surface area contributed by atoms with Gasteiger partial charge in [0.15, 0.2) is 0 Å². The van der Waals surface area contributed by atoms with Gasteiger partial charge in [0.2, 0.25) is 0 Å². The maximum absolute atomic E-state index is 9.55. The van der Waals surface area contributed by atoms with Crippen LogP contribution in [0, 0.1) is 0 Å². The zero-order chi connectivity index (χ0) is 6.57. The first-order chi connectivity index (χ1) is 3.63. The van der Waals surface area contributed by atoms with E-state index < -0.39 is 11.9 Å². The molecule has 0 unspecified atom stereocenters. The molecule has 2 radical (unpaired) electrons. The molecule has 0 saturated carbocycles. The van der Waals surface area contributed by atoms with Gasteiger partial charge in [-0.25, -0.2) is 9.59 Å². The van der Waals surface area contributed by atoms with E-state index in [2.05, 4.69) is 0 Å². The summed E-state index contributed by atoms with van der Waals surface area (Å²) in [4.78, 5) is 19.1. The molecule has 0 atom stereocenters. The summed E-state index contributed by atoms with van der Waals surface area (Å²) in [6, 6.07) is 0. The van der Waals surface area contributed by atoms with Crippen LogP contribution in [-0.4, -0.2) is 86.7 Å². The van der Waals surface area contributed by atoms with Crippen molar-refractivity contribution in [2.45, 2.75) is 0 Å². The van der Waals surface area contributed by atoms with Gasteiger partial charge in [-0.05, 0) is 0 Å². The van der Waals surface area contributed by atoms with E-state index >= 15 is 0 Å². The maximum Gasteiger partial charge on any atom is 0.328 e. The quantitative estimate of drug-likeness (QED) is 0.383. The molecule has 0 saturated heterocycles. The van der Waals surface area contributed by atoms with Crippen LogP contribution in [-0.2, 0) is 9.59 Å². The van der Waals surface area contributed by atoms with Crippen molar-refractivity contribution in [1.29, 1.82) is 0 Å². The molecule has 0 aromatic heterocycles. The first-order valence-corrected chi connectivity index (χ1v) is 1.77. The molecule has 0 bridgehead atoms. The third kappa shape index (κ3) is 25.0. The van der Waals surface area contributed by atoms with Crippen molar-refractivity contribution in [2.24, 2.45) is 0 Å². The second-order valence-corrected chi connectivity index (χ2v) is 1.01. The minimum Gasteiger partial charge on any atom is -0.478 e. The molecule has 11 heavy (non-hydrogen) atoms. The smallest absolute Gasteiger partial charge is 0.328 e. The Bertz CT molecular complexity index is 127. The van der Waals surface area contributed by atoms with Crippen molar-refractivity contribution in [3.63, 3.8) is 0 Å². The Hall–Kier alpha value is 0.640. The number of rotatable bonds is 2. The average molecular weight is 180 g/mol. The van der Waals surface area contributed by atoms with Crippen molar-refractivity contribution >= 4 is 71.1 Å². The van der Waals surface area contributed by atoms with Crippen molar-refractivity contribution < 1.29 is 25.3 Å². The van der Waals surface area contributed by atoms with Crippen LogP contribution in [0.15, 0.2) is 12.2 Å². The molecule has 7 heteroatoms. The third-order valence-electron chi connectivity index (χ3n) is 0.368. The Morgan fingerprint density at radius 3 is 1.18 bits per heavy atom. The summed E-state index contributed by atoms with van der Waals surface area (Å²) in [6.07, 6.45) is 1.12. The molecule has 0 aliphatic rings. The Morgan fingerprint density at radius 1 is 0.909 bits per heavy atom. The Balaban J connectivity index is -0.0000000817. The van der Waals surface area contributed by atoms with E-state index in [1.54, 1.807) is 0 Å². The molecule has 0 amide bonds. The van der Waals surface area contributed by atoms with Gasteiger partial charge in [-0.1, -0.05) is 0 Å². The molecule has 0 aromatic rings. The fourth-order valence-corrected chi connectivity index (χ4v) is 0.143. The predicted octanol–water partition coefficient (Wildman–Crippen LogP) is -1.87. The monoisotopic (exact) mass is 180 g/mol. The number of hydrogen-bond acceptors (Lipinski definition) is 2. The molecule has 0 aliphatic carbocycles. The van der Waals surface area contributed by atoms with Crippen LogP contribution in [0.5, 0.6) is 0 Å². The Morgan fingerprint density at radius 2 is 1.09 bits per heavy atom. The number of carboxylic acid groups (broad SMARTS) is 2. The van der Waals surface area contributed by atoms with Gasteiger partial charge in [-0.15, -0.1) is 0 Å². The average Bonchev–Trinajstić information content (AvgIpc) is 1.61. The molecule has 5 nitrogen and oxygen atoms in total. The van der Waals surface area contributed by atoms with Gasteiger partial charge >= 0.3 is 11.9 Å². The molecule has 0 aliphatic heterocycles. The van der Waals surface area contributed by atoms with Gasteiger partial charge in [0.1, 0.15) is 0 Å². The van der Waals surface area contributed by atoms with E-state index in [1.165, 1.54) is 0 Å². The Labute approximate surface area is 107 Å². The van der Waals surface area contributed by atoms with Gasteiger partial charge in [0, 0.05) is 71.3 Å². The SMILES string of the molecule is O.O=C(O)/C=C\C(=O)O.[Na].[Na]. The summed E-state index contributed by atoms with van der Waals surface area (Å²) in [5.74, 6) is -2.51. The molecular weight excluding hydrogens is 174 g/mol. The first kappa shape index (κ1) is 22.6. The number of aliphatic carboxylic acids is 2. The van der Waals surface area contributed by atoms with Crippen LogP contribution in [0.1, 0.15) is 0 Å². The normalized spacial score (nSPS) is 6.91. The van der Waals surface area contributed by atoms with Gasteiger partial charge in [-0.2, -0.15) is 0 Å². The topological polar surface area (TPSA) is 106 Å². The predicted molar refractivity (Wildman–Crippen MR) is 39.5 cm³/mol. The fourth-order valence-electron chi connectivity index (χ4n) is 0.143. The standard InChI is InChI=1S/C4H4O4.2Na.H2O/c5-3(6)1-2-4(7)8;;;/h1-2H,(H,5,6)(H,7,8);;;1H2/b2-1-;;;. The summed E-state index contributed by atoms with van der Waals surface area (Å²) in [5, 5.41) is 15.6. The van der Waals surface area contributed by atoms with Crippen molar-refractivity contribution in [2.75, 3.05) is 0 Å². The number of carbonyl (C=O) groups is 2. The minimum absolute atomic E-state index is 0. The van der Waals surface area contributed by atoms with Gasteiger partial charge in [0.25, 0.3) is 0 Å². The summed E-state index contributed by atoms with van der Waals surface area (Å²) in [6.45, 7) is 0. The second kappa shape index (κ2) is 13.2. The molecule has 0 fully saturated rings. The molecular formula is C4H6Na2O5. The van der Waals surface area contributed by atoms with Crippen LogP contribution in [0.25, 0.3) is 0 Å². The maximum atomic E-state index is 9.55. The molecule has 0 rings (SSSR count). The first-order valence-electron chi connectivity index (χ1n) is 1.77.